The van der Waals surface area contributed by atoms with Crippen molar-refractivity contribution in [1.82, 2.24) is 5.32 Å². The molecule has 3 rings (SSSR count). The van der Waals surface area contributed by atoms with Crippen molar-refractivity contribution >= 4 is 11.6 Å². The van der Waals surface area contributed by atoms with E-state index in [-0.39, 0.29) is 11.8 Å². The topological polar surface area (TPSA) is 50.4 Å². The van der Waals surface area contributed by atoms with Gasteiger partial charge < -0.3 is 15.4 Å². The van der Waals surface area contributed by atoms with E-state index in [0.717, 1.165) is 42.9 Å². The number of benzene rings is 2. The highest BCUT2D eigenvalue weighted by molar-refractivity contribution is 5.92. The number of hydrogen-bond donors (Lipinski definition) is 2. The third-order valence-electron chi connectivity index (χ3n) is 4.08. The molecule has 1 aliphatic rings. The van der Waals surface area contributed by atoms with Crippen LogP contribution in [0.25, 0.3) is 0 Å². The van der Waals surface area contributed by atoms with Crippen LogP contribution in [-0.2, 0) is 11.4 Å². The molecule has 1 aliphatic heterocycles. The number of carbonyl (C=O) groups is 1. The van der Waals surface area contributed by atoms with Crippen LogP contribution in [-0.4, -0.2) is 19.0 Å². The van der Waals surface area contributed by atoms with Gasteiger partial charge in [-0.15, -0.1) is 0 Å². The molecule has 4 nitrogen and oxygen atoms in total. The van der Waals surface area contributed by atoms with Gasteiger partial charge in [-0.3, -0.25) is 4.79 Å². The largest absolute Gasteiger partial charge is 0.489 e. The Morgan fingerprint density at radius 2 is 1.74 bits per heavy atom. The van der Waals surface area contributed by atoms with Crippen LogP contribution in [0.2, 0.25) is 0 Å². The zero-order chi connectivity index (χ0) is 15.9. The van der Waals surface area contributed by atoms with Gasteiger partial charge in [0.25, 0.3) is 0 Å². The molecule has 0 spiro atoms. The van der Waals surface area contributed by atoms with Gasteiger partial charge in [0.15, 0.2) is 0 Å². The Kier molecular flexibility index (Phi) is 5.27. The molecule has 1 saturated heterocycles. The summed E-state index contributed by atoms with van der Waals surface area (Å²) in [6.07, 6.45) is 1.81. The van der Waals surface area contributed by atoms with Crippen LogP contribution in [0.1, 0.15) is 18.4 Å². The van der Waals surface area contributed by atoms with E-state index in [2.05, 4.69) is 10.6 Å². The van der Waals surface area contributed by atoms with Gasteiger partial charge >= 0.3 is 0 Å². The third-order valence-corrected chi connectivity index (χ3v) is 4.08. The van der Waals surface area contributed by atoms with Gasteiger partial charge in [0.05, 0.1) is 0 Å². The van der Waals surface area contributed by atoms with E-state index in [4.69, 9.17) is 4.74 Å². The van der Waals surface area contributed by atoms with Crippen LogP contribution in [0.3, 0.4) is 0 Å². The predicted octanol–water partition coefficient (Wildman–Crippen LogP) is 3.20. The molecule has 0 saturated carbocycles. The first-order valence-electron chi connectivity index (χ1n) is 8.09. The van der Waals surface area contributed by atoms with E-state index in [0.29, 0.717) is 6.61 Å². The number of carbonyl (C=O) groups excluding carboxylic acids is 1. The van der Waals surface area contributed by atoms with Gasteiger partial charge in [-0.25, -0.2) is 0 Å². The lowest BCUT2D eigenvalue weighted by Gasteiger charge is -2.21. The molecule has 120 valence electrons. The number of amides is 1. The maximum Gasteiger partial charge on any atom is 0.227 e. The summed E-state index contributed by atoms with van der Waals surface area (Å²) in [5.74, 6) is 1.03. The first kappa shape index (κ1) is 15.6. The van der Waals surface area contributed by atoms with Gasteiger partial charge in [0.2, 0.25) is 5.91 Å². The number of ether oxygens (including phenoxy) is 1. The standard InChI is InChI=1S/C19H22N2O2/c22-19(16-10-12-20-13-11-16)21-17-6-8-18(9-7-17)23-14-15-4-2-1-3-5-15/h1-9,16,20H,10-14H2,(H,21,22). The monoisotopic (exact) mass is 310 g/mol. The highest BCUT2D eigenvalue weighted by Gasteiger charge is 2.20. The van der Waals surface area contributed by atoms with E-state index in [9.17, 15) is 4.79 Å². The summed E-state index contributed by atoms with van der Waals surface area (Å²) >= 11 is 0. The number of rotatable bonds is 5. The Hall–Kier alpha value is -2.33. The molecule has 1 heterocycles. The highest BCUT2D eigenvalue weighted by atomic mass is 16.5. The van der Waals surface area contributed by atoms with Crippen LogP contribution >= 0.6 is 0 Å². The second-order valence-corrected chi connectivity index (χ2v) is 5.81. The molecule has 1 fully saturated rings. The number of anilines is 1. The lowest BCUT2D eigenvalue weighted by atomic mass is 9.97. The molecule has 1 amide bonds. The molecule has 2 aromatic rings. The van der Waals surface area contributed by atoms with Crippen LogP contribution < -0.4 is 15.4 Å². The van der Waals surface area contributed by atoms with Gasteiger partial charge in [-0.1, -0.05) is 30.3 Å². The summed E-state index contributed by atoms with van der Waals surface area (Å²) in [6, 6.07) is 17.6. The van der Waals surface area contributed by atoms with Crippen molar-refractivity contribution in [3.05, 3.63) is 60.2 Å². The quantitative estimate of drug-likeness (QED) is 0.891. The molecule has 0 unspecified atom stereocenters. The van der Waals surface area contributed by atoms with Crippen molar-refractivity contribution in [2.24, 2.45) is 5.92 Å². The second-order valence-electron chi connectivity index (χ2n) is 5.81. The molecular formula is C19H22N2O2. The van der Waals surface area contributed by atoms with Gasteiger partial charge in [0, 0.05) is 11.6 Å². The molecule has 0 radical (unpaired) electrons. The van der Waals surface area contributed by atoms with E-state index < -0.39 is 0 Å². The van der Waals surface area contributed by atoms with E-state index in [1.807, 2.05) is 54.6 Å². The average Bonchev–Trinajstić information content (AvgIpc) is 2.63. The molecule has 0 bridgehead atoms. The summed E-state index contributed by atoms with van der Waals surface area (Å²) in [4.78, 5) is 12.2. The molecule has 0 atom stereocenters. The Morgan fingerprint density at radius 1 is 1.04 bits per heavy atom. The molecule has 23 heavy (non-hydrogen) atoms. The molecule has 4 heteroatoms. The minimum absolute atomic E-state index is 0.115. The number of piperidine rings is 1. The summed E-state index contributed by atoms with van der Waals surface area (Å²) in [6.45, 7) is 2.39. The zero-order valence-corrected chi connectivity index (χ0v) is 13.1. The van der Waals surface area contributed by atoms with Crippen molar-refractivity contribution in [1.29, 1.82) is 0 Å². The van der Waals surface area contributed by atoms with Crippen molar-refractivity contribution in [2.45, 2.75) is 19.4 Å². The van der Waals surface area contributed by atoms with Crippen molar-refractivity contribution in [3.8, 4) is 5.75 Å². The SMILES string of the molecule is O=C(Nc1ccc(OCc2ccccc2)cc1)C1CCNCC1. The van der Waals surface area contributed by atoms with Crippen LogP contribution in [0, 0.1) is 5.92 Å². The zero-order valence-electron chi connectivity index (χ0n) is 13.1. The minimum atomic E-state index is 0.115. The Morgan fingerprint density at radius 3 is 2.43 bits per heavy atom. The third kappa shape index (κ3) is 4.57. The normalized spacial score (nSPS) is 15.1. The lowest BCUT2D eigenvalue weighted by molar-refractivity contribution is -0.120. The predicted molar refractivity (Wildman–Crippen MR) is 91.4 cm³/mol. The maximum atomic E-state index is 12.2. The van der Waals surface area contributed by atoms with Crippen molar-refractivity contribution in [2.75, 3.05) is 18.4 Å². The molecule has 0 aliphatic carbocycles. The first-order chi connectivity index (χ1) is 11.3. The number of hydrogen-bond acceptors (Lipinski definition) is 3. The first-order valence-corrected chi connectivity index (χ1v) is 8.09. The fourth-order valence-corrected chi connectivity index (χ4v) is 2.70. The molecule has 2 aromatic carbocycles. The fraction of sp³-hybridized carbons (Fsp3) is 0.316. The molecule has 0 aromatic heterocycles. The molecule has 2 N–H and O–H groups in total. The second kappa shape index (κ2) is 7.79. The van der Waals surface area contributed by atoms with Crippen molar-refractivity contribution < 1.29 is 9.53 Å². The average molecular weight is 310 g/mol. The summed E-state index contributed by atoms with van der Waals surface area (Å²) < 4.78 is 5.75. The maximum absolute atomic E-state index is 12.2. The summed E-state index contributed by atoms with van der Waals surface area (Å²) in [5.41, 5.74) is 1.95. The van der Waals surface area contributed by atoms with E-state index in [1.165, 1.54) is 0 Å². The lowest BCUT2D eigenvalue weighted by Crippen LogP contribution is -2.34. The Bertz CT molecular complexity index is 620. The Balaban J connectivity index is 1.51. The van der Waals surface area contributed by atoms with E-state index >= 15 is 0 Å². The van der Waals surface area contributed by atoms with Crippen LogP contribution in [0.15, 0.2) is 54.6 Å². The summed E-state index contributed by atoms with van der Waals surface area (Å²) in [7, 11) is 0. The fourth-order valence-electron chi connectivity index (χ4n) is 2.70. The summed E-state index contributed by atoms with van der Waals surface area (Å²) in [5, 5.41) is 6.26. The van der Waals surface area contributed by atoms with Crippen LogP contribution in [0.4, 0.5) is 5.69 Å². The van der Waals surface area contributed by atoms with Gasteiger partial charge in [-0.05, 0) is 55.8 Å². The minimum Gasteiger partial charge on any atom is -0.489 e. The smallest absolute Gasteiger partial charge is 0.227 e. The van der Waals surface area contributed by atoms with Crippen LogP contribution in [0.5, 0.6) is 5.75 Å². The van der Waals surface area contributed by atoms with Gasteiger partial charge in [0.1, 0.15) is 12.4 Å². The highest BCUT2D eigenvalue weighted by Crippen LogP contribution is 2.19. The Labute approximate surface area is 136 Å². The van der Waals surface area contributed by atoms with E-state index in [1.54, 1.807) is 0 Å². The molecular weight excluding hydrogens is 288 g/mol. The van der Waals surface area contributed by atoms with Crippen molar-refractivity contribution in [3.63, 3.8) is 0 Å². The number of nitrogens with one attached hydrogen (secondary N) is 2. The van der Waals surface area contributed by atoms with Gasteiger partial charge in [-0.2, -0.15) is 0 Å².